The minimum atomic E-state index is 0.157. The molecule has 1 aliphatic rings. The van der Waals surface area contributed by atoms with E-state index in [2.05, 4.69) is 52.3 Å². The summed E-state index contributed by atoms with van der Waals surface area (Å²) in [5, 5.41) is 2.56. The van der Waals surface area contributed by atoms with Crippen LogP contribution in [0.15, 0.2) is 40.9 Å². The van der Waals surface area contributed by atoms with Crippen molar-refractivity contribution in [3.8, 4) is 0 Å². The smallest absolute Gasteiger partial charge is 0.0301 e. The molecule has 2 heteroatoms. The van der Waals surface area contributed by atoms with Gasteiger partial charge in [0.25, 0.3) is 0 Å². The highest BCUT2D eigenvalue weighted by atomic mass is 79.9. The molecule has 21 heavy (non-hydrogen) atoms. The number of hydrogen-bond acceptors (Lipinski definition) is 1. The van der Waals surface area contributed by atoms with Gasteiger partial charge in [-0.2, -0.15) is 0 Å². The average Bonchev–Trinajstić information content (AvgIpc) is 2.54. The summed E-state index contributed by atoms with van der Waals surface area (Å²) in [6, 6.07) is 13.0. The highest BCUT2D eigenvalue weighted by molar-refractivity contribution is 9.10. The van der Waals surface area contributed by atoms with Crippen molar-refractivity contribution >= 4 is 26.7 Å². The fourth-order valence-electron chi connectivity index (χ4n) is 3.66. The van der Waals surface area contributed by atoms with Gasteiger partial charge in [-0.15, -0.1) is 0 Å². The Labute approximate surface area is 136 Å². The van der Waals surface area contributed by atoms with Gasteiger partial charge in [0.2, 0.25) is 0 Å². The zero-order valence-corrected chi connectivity index (χ0v) is 14.1. The quantitative estimate of drug-likeness (QED) is 0.726. The van der Waals surface area contributed by atoms with E-state index in [-0.39, 0.29) is 6.04 Å². The Morgan fingerprint density at radius 2 is 1.71 bits per heavy atom. The molecular formula is C19H24BrN. The number of fused-ring (bicyclic) bond motifs is 1. The number of hydrogen-bond donors (Lipinski definition) is 1. The molecule has 0 spiro atoms. The fraction of sp³-hybridized carbons (Fsp3) is 0.474. The molecule has 0 bridgehead atoms. The average molecular weight is 346 g/mol. The first-order valence-electron chi connectivity index (χ1n) is 8.18. The van der Waals surface area contributed by atoms with Crippen molar-refractivity contribution in [3.63, 3.8) is 0 Å². The number of halogens is 1. The number of benzene rings is 2. The van der Waals surface area contributed by atoms with E-state index in [9.17, 15) is 0 Å². The molecule has 2 aromatic carbocycles. The zero-order valence-electron chi connectivity index (χ0n) is 12.5. The van der Waals surface area contributed by atoms with E-state index in [0.717, 1.165) is 16.8 Å². The molecular weight excluding hydrogens is 322 g/mol. The molecule has 1 unspecified atom stereocenters. The lowest BCUT2D eigenvalue weighted by Crippen LogP contribution is -2.14. The molecule has 1 saturated carbocycles. The summed E-state index contributed by atoms with van der Waals surface area (Å²) in [4.78, 5) is 0. The summed E-state index contributed by atoms with van der Waals surface area (Å²) < 4.78 is 1.15. The molecule has 1 nitrogen and oxygen atoms in total. The summed E-state index contributed by atoms with van der Waals surface area (Å²) in [5.74, 6) is 0.909. The third kappa shape index (κ3) is 3.49. The Hall–Kier alpha value is -0.860. The number of nitrogens with two attached hydrogens (primary N) is 1. The monoisotopic (exact) mass is 345 g/mol. The van der Waals surface area contributed by atoms with E-state index in [0.29, 0.717) is 0 Å². The van der Waals surface area contributed by atoms with Crippen molar-refractivity contribution in [2.24, 2.45) is 11.7 Å². The van der Waals surface area contributed by atoms with Gasteiger partial charge in [-0.25, -0.2) is 0 Å². The molecule has 1 fully saturated rings. The van der Waals surface area contributed by atoms with E-state index in [1.807, 2.05) is 0 Å². The van der Waals surface area contributed by atoms with Gasteiger partial charge in [-0.05, 0) is 41.2 Å². The van der Waals surface area contributed by atoms with E-state index in [1.165, 1.54) is 54.9 Å². The molecule has 0 heterocycles. The maximum Gasteiger partial charge on any atom is 0.0301 e. The molecule has 2 aromatic rings. The summed E-state index contributed by atoms with van der Waals surface area (Å²) in [6.07, 6.45) is 9.48. The third-order valence-corrected chi connectivity index (χ3v) is 5.61. The van der Waals surface area contributed by atoms with Crippen LogP contribution in [0.25, 0.3) is 10.8 Å². The highest BCUT2D eigenvalue weighted by Crippen LogP contribution is 2.33. The Morgan fingerprint density at radius 3 is 2.48 bits per heavy atom. The first-order valence-corrected chi connectivity index (χ1v) is 8.98. The maximum absolute atomic E-state index is 6.51. The topological polar surface area (TPSA) is 26.0 Å². The second-order valence-electron chi connectivity index (χ2n) is 6.37. The van der Waals surface area contributed by atoms with Gasteiger partial charge >= 0.3 is 0 Å². The van der Waals surface area contributed by atoms with Gasteiger partial charge in [-0.1, -0.05) is 78.4 Å². The van der Waals surface area contributed by atoms with E-state index in [4.69, 9.17) is 5.73 Å². The zero-order chi connectivity index (χ0) is 14.7. The first-order chi connectivity index (χ1) is 10.3. The normalized spacial score (nSPS) is 18.0. The Bertz CT molecular complexity index is 602. The van der Waals surface area contributed by atoms with Crippen LogP contribution in [-0.4, -0.2) is 0 Å². The van der Waals surface area contributed by atoms with Gasteiger partial charge in [0.1, 0.15) is 0 Å². The summed E-state index contributed by atoms with van der Waals surface area (Å²) in [6.45, 7) is 0. The lowest BCUT2D eigenvalue weighted by atomic mass is 9.84. The van der Waals surface area contributed by atoms with Crippen LogP contribution in [-0.2, 0) is 0 Å². The minimum Gasteiger partial charge on any atom is -0.324 e. The Morgan fingerprint density at radius 1 is 1.00 bits per heavy atom. The second kappa shape index (κ2) is 6.93. The Balaban J connectivity index is 1.75. The van der Waals surface area contributed by atoms with Crippen molar-refractivity contribution in [1.82, 2.24) is 0 Å². The van der Waals surface area contributed by atoms with Crippen LogP contribution in [0, 0.1) is 5.92 Å². The summed E-state index contributed by atoms with van der Waals surface area (Å²) in [7, 11) is 0. The minimum absolute atomic E-state index is 0.157. The van der Waals surface area contributed by atoms with Crippen LogP contribution in [0.1, 0.15) is 56.6 Å². The molecule has 1 aliphatic carbocycles. The molecule has 3 rings (SSSR count). The fourth-order valence-corrected chi connectivity index (χ4v) is 4.13. The number of rotatable bonds is 4. The second-order valence-corrected chi connectivity index (χ2v) is 7.22. The van der Waals surface area contributed by atoms with E-state index in [1.54, 1.807) is 0 Å². The van der Waals surface area contributed by atoms with Crippen molar-refractivity contribution in [1.29, 1.82) is 0 Å². The SMILES string of the molecule is NC(CCC1CCCCC1)c1ccc(Br)c2ccccc12. The van der Waals surface area contributed by atoms with Crippen molar-refractivity contribution in [2.45, 2.75) is 51.0 Å². The summed E-state index contributed by atoms with van der Waals surface area (Å²) >= 11 is 3.64. The summed E-state index contributed by atoms with van der Waals surface area (Å²) in [5.41, 5.74) is 7.81. The van der Waals surface area contributed by atoms with Crippen LogP contribution in [0.2, 0.25) is 0 Å². The van der Waals surface area contributed by atoms with Gasteiger partial charge in [-0.3, -0.25) is 0 Å². The van der Waals surface area contributed by atoms with Crippen molar-refractivity contribution in [3.05, 3.63) is 46.4 Å². The van der Waals surface area contributed by atoms with Crippen LogP contribution in [0.5, 0.6) is 0 Å². The standard InChI is InChI=1S/C19H24BrN/c20-18-12-11-17(15-8-4-5-9-16(15)18)19(21)13-10-14-6-2-1-3-7-14/h4-5,8-9,11-12,14,19H,1-3,6-7,10,13,21H2. The van der Waals surface area contributed by atoms with Crippen molar-refractivity contribution in [2.75, 3.05) is 0 Å². The molecule has 0 aromatic heterocycles. The van der Waals surface area contributed by atoms with Gasteiger partial charge in [0.05, 0.1) is 0 Å². The Kier molecular flexibility index (Phi) is 4.97. The van der Waals surface area contributed by atoms with E-state index < -0.39 is 0 Å². The van der Waals surface area contributed by atoms with Crippen LogP contribution >= 0.6 is 15.9 Å². The molecule has 112 valence electrons. The lowest BCUT2D eigenvalue weighted by molar-refractivity contribution is 0.324. The first kappa shape index (κ1) is 15.1. The highest BCUT2D eigenvalue weighted by Gasteiger charge is 2.16. The van der Waals surface area contributed by atoms with Crippen LogP contribution in [0.3, 0.4) is 0 Å². The van der Waals surface area contributed by atoms with Crippen molar-refractivity contribution < 1.29 is 0 Å². The molecule has 2 N–H and O–H groups in total. The molecule has 0 aliphatic heterocycles. The van der Waals surface area contributed by atoms with Crippen LogP contribution < -0.4 is 5.73 Å². The van der Waals surface area contributed by atoms with Gasteiger partial charge < -0.3 is 5.73 Å². The maximum atomic E-state index is 6.51. The van der Waals surface area contributed by atoms with Gasteiger partial charge in [0.15, 0.2) is 0 Å². The van der Waals surface area contributed by atoms with Crippen LogP contribution in [0.4, 0.5) is 0 Å². The molecule has 0 amide bonds. The predicted molar refractivity (Wildman–Crippen MR) is 94.4 cm³/mol. The predicted octanol–water partition coefficient (Wildman–Crippen LogP) is 5.96. The third-order valence-electron chi connectivity index (χ3n) is 4.91. The van der Waals surface area contributed by atoms with E-state index >= 15 is 0 Å². The lowest BCUT2D eigenvalue weighted by Gasteiger charge is -2.23. The molecule has 1 atom stereocenters. The molecule has 0 saturated heterocycles. The largest absolute Gasteiger partial charge is 0.324 e. The molecule has 0 radical (unpaired) electrons. The van der Waals surface area contributed by atoms with Gasteiger partial charge in [0, 0.05) is 10.5 Å².